The molecule has 0 amide bonds. The third-order valence-electron chi connectivity index (χ3n) is 3.85. The number of nitrogens with one attached hydrogen (secondary N) is 1. The molecule has 1 fully saturated rings. The molecule has 9 heteroatoms. The van der Waals surface area contributed by atoms with Crippen molar-refractivity contribution < 1.29 is 0 Å². The highest BCUT2D eigenvalue weighted by Gasteiger charge is 2.29. The first-order chi connectivity index (χ1) is 12.0. The van der Waals surface area contributed by atoms with Crippen molar-refractivity contribution in [1.82, 2.24) is 20.3 Å². The Morgan fingerprint density at radius 3 is 2.48 bits per heavy atom. The highest BCUT2D eigenvalue weighted by molar-refractivity contribution is 7.98. The van der Waals surface area contributed by atoms with E-state index in [0.717, 1.165) is 38.2 Å². The van der Waals surface area contributed by atoms with E-state index in [1.54, 1.807) is 11.8 Å². The average Bonchev–Trinajstić information content (AvgIpc) is 2.90. The summed E-state index contributed by atoms with van der Waals surface area (Å²) in [7, 11) is 0. The lowest BCUT2D eigenvalue weighted by Gasteiger charge is -2.22. The summed E-state index contributed by atoms with van der Waals surface area (Å²) < 4.78 is -1.70. The van der Waals surface area contributed by atoms with E-state index in [0.29, 0.717) is 11.8 Å². The molecule has 3 rings (SSSR count). The average molecular weight is 419 g/mol. The molecule has 0 bridgehead atoms. The molecule has 2 heterocycles. The van der Waals surface area contributed by atoms with Crippen LogP contribution in [0, 0.1) is 0 Å². The number of aromatic nitrogens is 3. The van der Waals surface area contributed by atoms with Gasteiger partial charge in [-0.25, -0.2) is 4.98 Å². The van der Waals surface area contributed by atoms with Crippen LogP contribution in [0.15, 0.2) is 29.2 Å². The molecule has 1 aliphatic rings. The fourth-order valence-electron chi connectivity index (χ4n) is 2.55. The second kappa shape index (κ2) is 8.27. The zero-order valence-electron chi connectivity index (χ0n) is 13.7. The van der Waals surface area contributed by atoms with Gasteiger partial charge in [0.1, 0.15) is 0 Å². The summed E-state index contributed by atoms with van der Waals surface area (Å²) in [5.74, 6) is 1.20. The lowest BCUT2D eigenvalue weighted by molar-refractivity contribution is 0.724. The van der Waals surface area contributed by atoms with Crippen LogP contribution in [0.25, 0.3) is 11.4 Å². The Bertz CT molecular complexity index is 713. The van der Waals surface area contributed by atoms with E-state index in [-0.39, 0.29) is 5.82 Å². The molecule has 2 aromatic rings. The second-order valence-corrected chi connectivity index (χ2v) is 8.76. The van der Waals surface area contributed by atoms with E-state index in [1.807, 2.05) is 30.5 Å². The first-order valence-corrected chi connectivity index (χ1v) is 10.3. The number of halogens is 3. The normalized spacial score (nSPS) is 15.9. The number of hydrogen-bond donors (Lipinski definition) is 1. The van der Waals surface area contributed by atoms with E-state index < -0.39 is 3.79 Å². The van der Waals surface area contributed by atoms with E-state index in [1.165, 1.54) is 4.90 Å². The van der Waals surface area contributed by atoms with Gasteiger partial charge in [0.2, 0.25) is 9.74 Å². The number of rotatable bonds is 3. The quantitative estimate of drug-likeness (QED) is 0.603. The molecule has 0 atom stereocenters. The van der Waals surface area contributed by atoms with Gasteiger partial charge < -0.3 is 10.2 Å². The number of alkyl halides is 3. The summed E-state index contributed by atoms with van der Waals surface area (Å²) in [5.41, 5.74) is 0.866. The van der Waals surface area contributed by atoms with Gasteiger partial charge in [-0.3, -0.25) is 0 Å². The van der Waals surface area contributed by atoms with Crippen molar-refractivity contribution >= 4 is 52.5 Å². The Labute approximate surface area is 166 Å². The predicted molar refractivity (Wildman–Crippen MR) is 106 cm³/mol. The van der Waals surface area contributed by atoms with Crippen LogP contribution in [0.2, 0.25) is 0 Å². The topological polar surface area (TPSA) is 53.9 Å². The standard InChI is InChI=1S/C16H18Cl3N5S/c1-25-12-5-3-11(4-6-12)13-21-14(16(17,18)19)23-15(22-13)24-9-2-7-20-8-10-24/h3-6,20H,2,7-10H2,1H3. The van der Waals surface area contributed by atoms with Gasteiger partial charge in [0.15, 0.2) is 11.6 Å². The fraction of sp³-hybridized carbons (Fsp3) is 0.438. The third-order valence-corrected chi connectivity index (χ3v) is 5.10. The van der Waals surface area contributed by atoms with Crippen molar-refractivity contribution in [2.24, 2.45) is 0 Å². The second-order valence-electron chi connectivity index (χ2n) is 5.60. The van der Waals surface area contributed by atoms with Crippen LogP contribution in [0.3, 0.4) is 0 Å². The summed E-state index contributed by atoms with van der Waals surface area (Å²) >= 11 is 19.8. The first-order valence-electron chi connectivity index (χ1n) is 7.91. The number of hydrogen-bond acceptors (Lipinski definition) is 6. The largest absolute Gasteiger partial charge is 0.339 e. The van der Waals surface area contributed by atoms with Gasteiger partial charge >= 0.3 is 0 Å². The van der Waals surface area contributed by atoms with Crippen molar-refractivity contribution in [2.75, 3.05) is 37.3 Å². The minimum Gasteiger partial charge on any atom is -0.339 e. The van der Waals surface area contributed by atoms with E-state index in [4.69, 9.17) is 34.8 Å². The van der Waals surface area contributed by atoms with Crippen LogP contribution >= 0.6 is 46.6 Å². The third kappa shape index (κ3) is 4.89. The first kappa shape index (κ1) is 19.0. The van der Waals surface area contributed by atoms with Crippen LogP contribution in [0.4, 0.5) is 5.95 Å². The smallest absolute Gasteiger partial charge is 0.250 e. The predicted octanol–water partition coefficient (Wildman–Crippen LogP) is 3.89. The van der Waals surface area contributed by atoms with E-state index in [2.05, 4.69) is 25.2 Å². The molecule has 1 saturated heterocycles. The fourth-order valence-corrected chi connectivity index (χ4v) is 3.21. The lowest BCUT2D eigenvalue weighted by Crippen LogP contribution is -2.30. The van der Waals surface area contributed by atoms with Gasteiger partial charge in [-0.05, 0) is 31.4 Å². The number of anilines is 1. The van der Waals surface area contributed by atoms with Gasteiger partial charge in [0, 0.05) is 30.1 Å². The van der Waals surface area contributed by atoms with Gasteiger partial charge in [0.25, 0.3) is 0 Å². The highest BCUT2D eigenvalue weighted by Crippen LogP contribution is 2.37. The van der Waals surface area contributed by atoms with E-state index >= 15 is 0 Å². The minimum atomic E-state index is -1.70. The van der Waals surface area contributed by atoms with Crippen LogP contribution in [0.5, 0.6) is 0 Å². The number of nitrogens with zero attached hydrogens (tertiary/aromatic N) is 4. The molecule has 0 spiro atoms. The molecule has 0 aliphatic carbocycles. The molecular formula is C16H18Cl3N5S. The summed E-state index contributed by atoms with van der Waals surface area (Å²) in [6.45, 7) is 3.49. The molecule has 5 nitrogen and oxygen atoms in total. The van der Waals surface area contributed by atoms with Crippen molar-refractivity contribution in [1.29, 1.82) is 0 Å². The summed E-state index contributed by atoms with van der Waals surface area (Å²) in [4.78, 5) is 16.7. The molecule has 0 radical (unpaired) electrons. The summed E-state index contributed by atoms with van der Waals surface area (Å²) in [6.07, 6.45) is 3.04. The van der Waals surface area contributed by atoms with Crippen LogP contribution in [0.1, 0.15) is 12.2 Å². The molecule has 134 valence electrons. The van der Waals surface area contributed by atoms with Crippen molar-refractivity contribution in [3.63, 3.8) is 0 Å². The molecule has 25 heavy (non-hydrogen) atoms. The molecule has 1 aliphatic heterocycles. The molecular weight excluding hydrogens is 401 g/mol. The van der Waals surface area contributed by atoms with Gasteiger partial charge in [-0.1, -0.05) is 46.9 Å². The van der Waals surface area contributed by atoms with E-state index in [9.17, 15) is 0 Å². The van der Waals surface area contributed by atoms with Gasteiger partial charge in [-0.2, -0.15) is 9.97 Å². The van der Waals surface area contributed by atoms with Gasteiger partial charge in [-0.15, -0.1) is 11.8 Å². The zero-order valence-corrected chi connectivity index (χ0v) is 16.8. The monoisotopic (exact) mass is 417 g/mol. The van der Waals surface area contributed by atoms with Crippen molar-refractivity contribution in [3.05, 3.63) is 30.1 Å². The Balaban J connectivity index is 2.02. The van der Waals surface area contributed by atoms with Crippen LogP contribution in [-0.4, -0.2) is 47.4 Å². The highest BCUT2D eigenvalue weighted by atomic mass is 35.6. The van der Waals surface area contributed by atoms with Crippen molar-refractivity contribution in [2.45, 2.75) is 15.1 Å². The maximum Gasteiger partial charge on any atom is 0.250 e. The maximum absolute atomic E-state index is 6.05. The van der Waals surface area contributed by atoms with Crippen LogP contribution < -0.4 is 10.2 Å². The summed E-state index contributed by atoms with van der Waals surface area (Å²) in [5, 5.41) is 3.36. The number of thioether (sulfide) groups is 1. The Kier molecular flexibility index (Phi) is 6.28. The summed E-state index contributed by atoms with van der Waals surface area (Å²) in [6, 6.07) is 7.98. The molecule has 1 N–H and O–H groups in total. The lowest BCUT2D eigenvalue weighted by atomic mass is 10.2. The van der Waals surface area contributed by atoms with Crippen molar-refractivity contribution in [3.8, 4) is 11.4 Å². The molecule has 0 unspecified atom stereocenters. The Hall–Kier alpha value is -0.790. The molecule has 0 saturated carbocycles. The Morgan fingerprint density at radius 2 is 1.80 bits per heavy atom. The minimum absolute atomic E-state index is 0.142. The van der Waals surface area contributed by atoms with Crippen LogP contribution in [-0.2, 0) is 3.79 Å². The Morgan fingerprint density at radius 1 is 1.04 bits per heavy atom. The molecule has 1 aromatic carbocycles. The maximum atomic E-state index is 6.05. The zero-order chi connectivity index (χ0) is 17.9. The number of benzene rings is 1. The SMILES string of the molecule is CSc1ccc(-c2nc(N3CCCNCC3)nc(C(Cl)(Cl)Cl)n2)cc1. The molecule has 1 aromatic heterocycles. The van der Waals surface area contributed by atoms with Gasteiger partial charge in [0.05, 0.1) is 0 Å².